The molecule has 0 aliphatic heterocycles. The smallest absolute Gasteiger partial charge is 0.165 e. The lowest BCUT2D eigenvalue weighted by Crippen LogP contribution is -2.18. The second-order valence-corrected chi connectivity index (χ2v) is 5.31. The largest absolute Gasteiger partial charge is 0.391 e. The standard InChI is InChI=1S/C16H19N5O2/c17-15-14-16(19-10-18-15)21(11-20-14)8-13(22)6-7-23-9-12-4-2-1-3-5-12/h1-5,10-11,13,22H,6-9H2,(H2,17,18,19). The van der Waals surface area contributed by atoms with Crippen LogP contribution in [0.5, 0.6) is 0 Å². The topological polar surface area (TPSA) is 99.1 Å². The molecule has 0 spiro atoms. The average Bonchev–Trinajstić information content (AvgIpc) is 2.97. The van der Waals surface area contributed by atoms with Crippen molar-refractivity contribution in [1.29, 1.82) is 0 Å². The van der Waals surface area contributed by atoms with E-state index in [9.17, 15) is 5.11 Å². The molecule has 0 radical (unpaired) electrons. The highest BCUT2D eigenvalue weighted by Crippen LogP contribution is 2.15. The summed E-state index contributed by atoms with van der Waals surface area (Å²) in [6.45, 7) is 1.42. The SMILES string of the molecule is Nc1ncnc2c1ncn2CC(O)CCOCc1ccccc1. The average molecular weight is 313 g/mol. The maximum Gasteiger partial charge on any atom is 0.165 e. The Balaban J connectivity index is 1.49. The molecule has 1 unspecified atom stereocenters. The quantitative estimate of drug-likeness (QED) is 0.639. The fourth-order valence-corrected chi connectivity index (χ4v) is 2.33. The number of nitrogen functional groups attached to an aromatic ring is 1. The van der Waals surface area contributed by atoms with Gasteiger partial charge in [0, 0.05) is 6.61 Å². The van der Waals surface area contributed by atoms with Gasteiger partial charge in [0.1, 0.15) is 11.8 Å². The normalized spacial score (nSPS) is 12.6. The predicted molar refractivity (Wildman–Crippen MR) is 86.5 cm³/mol. The van der Waals surface area contributed by atoms with Crippen LogP contribution in [0.25, 0.3) is 11.2 Å². The van der Waals surface area contributed by atoms with Gasteiger partial charge in [0.05, 0.1) is 25.6 Å². The van der Waals surface area contributed by atoms with Crippen LogP contribution in [-0.4, -0.2) is 37.3 Å². The van der Waals surface area contributed by atoms with E-state index >= 15 is 0 Å². The molecule has 0 amide bonds. The fraction of sp³-hybridized carbons (Fsp3) is 0.312. The van der Waals surface area contributed by atoms with Crippen molar-refractivity contribution in [3.63, 3.8) is 0 Å². The summed E-state index contributed by atoms with van der Waals surface area (Å²) in [5, 5.41) is 10.1. The van der Waals surface area contributed by atoms with Gasteiger partial charge in [0.25, 0.3) is 0 Å². The number of rotatable bonds is 7. The summed E-state index contributed by atoms with van der Waals surface area (Å²) < 4.78 is 7.36. The highest BCUT2D eigenvalue weighted by Gasteiger charge is 2.11. The molecule has 0 saturated heterocycles. The highest BCUT2D eigenvalue weighted by atomic mass is 16.5. The predicted octanol–water partition coefficient (Wildman–Crippen LogP) is 1.38. The molecule has 7 heteroatoms. The lowest BCUT2D eigenvalue weighted by Gasteiger charge is -2.12. The van der Waals surface area contributed by atoms with Crippen molar-refractivity contribution in [2.45, 2.75) is 25.7 Å². The Labute approximate surface area is 133 Å². The number of fused-ring (bicyclic) bond motifs is 1. The number of anilines is 1. The van der Waals surface area contributed by atoms with Crippen molar-refractivity contribution < 1.29 is 9.84 Å². The van der Waals surface area contributed by atoms with Crippen LogP contribution in [0.15, 0.2) is 43.0 Å². The van der Waals surface area contributed by atoms with Crippen LogP contribution in [0, 0.1) is 0 Å². The Morgan fingerprint density at radius 2 is 2.00 bits per heavy atom. The van der Waals surface area contributed by atoms with Gasteiger partial charge in [-0.3, -0.25) is 0 Å². The zero-order chi connectivity index (χ0) is 16.1. The van der Waals surface area contributed by atoms with Crippen molar-refractivity contribution in [1.82, 2.24) is 19.5 Å². The molecule has 2 heterocycles. The molecule has 0 aliphatic rings. The van der Waals surface area contributed by atoms with Gasteiger partial charge < -0.3 is 20.1 Å². The van der Waals surface area contributed by atoms with Gasteiger partial charge in [0.15, 0.2) is 11.5 Å². The molecule has 3 N–H and O–H groups in total. The first-order chi connectivity index (χ1) is 11.2. The van der Waals surface area contributed by atoms with Crippen LogP contribution in [-0.2, 0) is 17.9 Å². The van der Waals surface area contributed by atoms with Crippen molar-refractivity contribution in [3.05, 3.63) is 48.5 Å². The molecule has 0 saturated carbocycles. The van der Waals surface area contributed by atoms with E-state index in [1.807, 2.05) is 30.3 Å². The van der Waals surface area contributed by atoms with Crippen molar-refractivity contribution in [2.24, 2.45) is 0 Å². The molecular weight excluding hydrogens is 294 g/mol. The molecule has 0 fully saturated rings. The minimum Gasteiger partial charge on any atom is -0.391 e. The van der Waals surface area contributed by atoms with E-state index in [2.05, 4.69) is 15.0 Å². The summed E-state index contributed by atoms with van der Waals surface area (Å²) in [6.07, 6.45) is 3.00. The Morgan fingerprint density at radius 1 is 1.17 bits per heavy atom. The van der Waals surface area contributed by atoms with E-state index < -0.39 is 6.10 Å². The number of imidazole rings is 1. The number of aliphatic hydroxyl groups is 1. The number of nitrogens with two attached hydrogens (primary N) is 1. The van der Waals surface area contributed by atoms with E-state index in [1.165, 1.54) is 6.33 Å². The summed E-state index contributed by atoms with van der Waals surface area (Å²) >= 11 is 0. The summed E-state index contributed by atoms with van der Waals surface area (Å²) in [4.78, 5) is 12.2. The van der Waals surface area contributed by atoms with Crippen LogP contribution in [0.1, 0.15) is 12.0 Å². The lowest BCUT2D eigenvalue weighted by atomic mass is 10.2. The number of aliphatic hydroxyl groups excluding tert-OH is 1. The Bertz CT molecular complexity index is 760. The molecule has 23 heavy (non-hydrogen) atoms. The van der Waals surface area contributed by atoms with Crippen molar-refractivity contribution in [2.75, 3.05) is 12.3 Å². The van der Waals surface area contributed by atoms with Crippen molar-refractivity contribution in [3.8, 4) is 0 Å². The minimum absolute atomic E-state index is 0.342. The fourth-order valence-electron chi connectivity index (χ4n) is 2.33. The van der Waals surface area contributed by atoms with Gasteiger partial charge in [-0.1, -0.05) is 30.3 Å². The summed E-state index contributed by atoms with van der Waals surface area (Å²) in [7, 11) is 0. The zero-order valence-electron chi connectivity index (χ0n) is 12.7. The van der Waals surface area contributed by atoms with Crippen LogP contribution in [0.3, 0.4) is 0 Å². The zero-order valence-corrected chi connectivity index (χ0v) is 12.7. The minimum atomic E-state index is -0.542. The molecule has 3 rings (SSSR count). The monoisotopic (exact) mass is 313 g/mol. The number of ether oxygens (including phenoxy) is 1. The number of hydrogen-bond donors (Lipinski definition) is 2. The molecule has 7 nitrogen and oxygen atoms in total. The molecule has 3 aromatic rings. The first kappa shape index (κ1) is 15.4. The maximum atomic E-state index is 10.1. The van der Waals surface area contributed by atoms with Gasteiger partial charge in [0.2, 0.25) is 0 Å². The Morgan fingerprint density at radius 3 is 2.83 bits per heavy atom. The molecule has 1 aromatic carbocycles. The molecular formula is C16H19N5O2. The van der Waals surface area contributed by atoms with Gasteiger partial charge in [-0.25, -0.2) is 15.0 Å². The third kappa shape index (κ3) is 3.82. The molecule has 1 atom stereocenters. The number of aromatic nitrogens is 4. The summed E-state index contributed by atoms with van der Waals surface area (Å²) in [5.74, 6) is 0.342. The maximum absolute atomic E-state index is 10.1. The Kier molecular flexibility index (Phi) is 4.80. The van der Waals surface area contributed by atoms with Gasteiger partial charge in [-0.05, 0) is 12.0 Å². The second kappa shape index (κ2) is 7.17. The molecule has 0 bridgehead atoms. The molecule has 2 aromatic heterocycles. The van der Waals surface area contributed by atoms with Crippen LogP contribution >= 0.6 is 0 Å². The second-order valence-electron chi connectivity index (χ2n) is 5.31. The van der Waals surface area contributed by atoms with Crippen LogP contribution in [0.4, 0.5) is 5.82 Å². The summed E-state index contributed by atoms with van der Waals surface area (Å²) in [5.41, 5.74) is 8.05. The number of hydrogen-bond acceptors (Lipinski definition) is 6. The first-order valence-corrected chi connectivity index (χ1v) is 7.45. The third-order valence-electron chi connectivity index (χ3n) is 3.54. The van der Waals surface area contributed by atoms with E-state index in [4.69, 9.17) is 10.5 Å². The number of benzene rings is 1. The van der Waals surface area contributed by atoms with Gasteiger partial charge >= 0.3 is 0 Å². The first-order valence-electron chi connectivity index (χ1n) is 7.45. The molecule has 0 aliphatic carbocycles. The van der Waals surface area contributed by atoms with Crippen LogP contribution in [0.2, 0.25) is 0 Å². The van der Waals surface area contributed by atoms with E-state index in [-0.39, 0.29) is 0 Å². The van der Waals surface area contributed by atoms with Gasteiger partial charge in [-0.15, -0.1) is 0 Å². The van der Waals surface area contributed by atoms with E-state index in [0.29, 0.717) is 43.2 Å². The van der Waals surface area contributed by atoms with E-state index in [1.54, 1.807) is 10.9 Å². The lowest BCUT2D eigenvalue weighted by molar-refractivity contribution is 0.0668. The number of nitrogens with zero attached hydrogens (tertiary/aromatic N) is 4. The highest BCUT2D eigenvalue weighted by molar-refractivity contribution is 5.81. The molecule has 120 valence electrons. The van der Waals surface area contributed by atoms with Crippen molar-refractivity contribution >= 4 is 17.0 Å². The summed E-state index contributed by atoms with van der Waals surface area (Å²) in [6, 6.07) is 9.95. The van der Waals surface area contributed by atoms with Gasteiger partial charge in [-0.2, -0.15) is 0 Å². The van der Waals surface area contributed by atoms with Crippen LogP contribution < -0.4 is 5.73 Å². The third-order valence-corrected chi connectivity index (χ3v) is 3.54. The Hall–Kier alpha value is -2.51. The van der Waals surface area contributed by atoms with E-state index in [0.717, 1.165) is 5.56 Å².